The molecular formula is C21H32O. The van der Waals surface area contributed by atoms with Gasteiger partial charge >= 0.3 is 0 Å². The average Bonchev–Trinajstić information content (AvgIpc) is 2.52. The summed E-state index contributed by atoms with van der Waals surface area (Å²) in [6, 6.07) is 7.41. The zero-order chi connectivity index (χ0) is 15.9. The molecule has 22 heavy (non-hydrogen) atoms. The normalized spacial score (nSPS) is 11.7. The fourth-order valence-electron chi connectivity index (χ4n) is 2.54. The zero-order valence-electron chi connectivity index (χ0n) is 14.1. The van der Waals surface area contributed by atoms with Crippen LogP contribution in [-0.2, 0) is 0 Å². The SMILES string of the molecule is CC/C=C/CCCCCCCCC/C=C/c1cccc(O)c1. The summed E-state index contributed by atoms with van der Waals surface area (Å²) >= 11 is 0. The Morgan fingerprint density at radius 1 is 0.818 bits per heavy atom. The summed E-state index contributed by atoms with van der Waals surface area (Å²) in [5.74, 6) is 0.340. The van der Waals surface area contributed by atoms with Gasteiger partial charge in [0, 0.05) is 0 Å². The van der Waals surface area contributed by atoms with E-state index in [4.69, 9.17) is 0 Å². The molecular weight excluding hydrogens is 268 g/mol. The van der Waals surface area contributed by atoms with E-state index >= 15 is 0 Å². The molecule has 0 saturated heterocycles. The monoisotopic (exact) mass is 300 g/mol. The summed E-state index contributed by atoms with van der Waals surface area (Å²) in [5.41, 5.74) is 1.08. The minimum Gasteiger partial charge on any atom is -0.508 e. The van der Waals surface area contributed by atoms with Gasteiger partial charge in [0.2, 0.25) is 0 Å². The summed E-state index contributed by atoms with van der Waals surface area (Å²) in [6.07, 6.45) is 21.9. The number of hydrogen-bond donors (Lipinski definition) is 1. The molecule has 0 aliphatic heterocycles. The molecule has 0 aliphatic carbocycles. The highest BCUT2D eigenvalue weighted by molar-refractivity contribution is 5.51. The van der Waals surface area contributed by atoms with E-state index in [1.165, 1.54) is 57.8 Å². The molecule has 0 amide bonds. The highest BCUT2D eigenvalue weighted by Crippen LogP contribution is 2.14. The van der Waals surface area contributed by atoms with Crippen molar-refractivity contribution in [3.63, 3.8) is 0 Å². The van der Waals surface area contributed by atoms with Crippen LogP contribution in [-0.4, -0.2) is 5.11 Å². The molecule has 0 spiro atoms. The largest absolute Gasteiger partial charge is 0.508 e. The molecule has 0 heterocycles. The Labute approximate surface area is 136 Å². The van der Waals surface area contributed by atoms with Gasteiger partial charge in [0.25, 0.3) is 0 Å². The third kappa shape index (κ3) is 10.3. The number of benzene rings is 1. The maximum absolute atomic E-state index is 9.38. The Hall–Kier alpha value is -1.50. The van der Waals surface area contributed by atoms with Crippen molar-refractivity contribution in [3.05, 3.63) is 48.1 Å². The molecule has 0 atom stereocenters. The van der Waals surface area contributed by atoms with Gasteiger partial charge in [-0.25, -0.2) is 0 Å². The molecule has 0 radical (unpaired) electrons. The van der Waals surface area contributed by atoms with Crippen LogP contribution in [0.3, 0.4) is 0 Å². The summed E-state index contributed by atoms with van der Waals surface area (Å²) in [4.78, 5) is 0. The molecule has 122 valence electrons. The topological polar surface area (TPSA) is 20.2 Å². The first-order valence-corrected chi connectivity index (χ1v) is 8.93. The number of hydrogen-bond acceptors (Lipinski definition) is 1. The molecule has 1 aromatic rings. The van der Waals surface area contributed by atoms with Crippen molar-refractivity contribution in [1.29, 1.82) is 0 Å². The second-order valence-corrected chi connectivity index (χ2v) is 5.93. The van der Waals surface area contributed by atoms with E-state index in [1.54, 1.807) is 12.1 Å². The van der Waals surface area contributed by atoms with E-state index < -0.39 is 0 Å². The number of rotatable bonds is 12. The number of unbranched alkanes of at least 4 members (excludes halogenated alkanes) is 8. The fourth-order valence-corrected chi connectivity index (χ4v) is 2.54. The van der Waals surface area contributed by atoms with Crippen molar-refractivity contribution in [2.45, 2.75) is 71.1 Å². The molecule has 1 aromatic carbocycles. The molecule has 0 unspecified atom stereocenters. The summed E-state index contributed by atoms with van der Waals surface area (Å²) < 4.78 is 0. The Bertz CT molecular complexity index is 431. The third-order valence-electron chi connectivity index (χ3n) is 3.82. The van der Waals surface area contributed by atoms with Crippen molar-refractivity contribution < 1.29 is 5.11 Å². The van der Waals surface area contributed by atoms with Crippen LogP contribution in [0.4, 0.5) is 0 Å². The third-order valence-corrected chi connectivity index (χ3v) is 3.82. The van der Waals surface area contributed by atoms with E-state index in [1.807, 2.05) is 12.1 Å². The van der Waals surface area contributed by atoms with Gasteiger partial charge in [0.05, 0.1) is 0 Å². The van der Waals surface area contributed by atoms with Crippen LogP contribution < -0.4 is 0 Å². The summed E-state index contributed by atoms with van der Waals surface area (Å²) in [7, 11) is 0. The first-order valence-electron chi connectivity index (χ1n) is 8.93. The van der Waals surface area contributed by atoms with E-state index in [0.29, 0.717) is 5.75 Å². The van der Waals surface area contributed by atoms with E-state index in [0.717, 1.165) is 12.0 Å². The fraction of sp³-hybridized carbons (Fsp3) is 0.524. The predicted molar refractivity (Wildman–Crippen MR) is 98.1 cm³/mol. The van der Waals surface area contributed by atoms with Crippen LogP contribution in [0, 0.1) is 0 Å². The maximum atomic E-state index is 9.38. The molecule has 1 heteroatoms. The Morgan fingerprint density at radius 2 is 1.45 bits per heavy atom. The molecule has 0 bridgehead atoms. The number of phenols is 1. The average molecular weight is 300 g/mol. The Morgan fingerprint density at radius 3 is 2.09 bits per heavy atom. The highest BCUT2D eigenvalue weighted by atomic mass is 16.3. The van der Waals surface area contributed by atoms with Crippen LogP contribution in [0.15, 0.2) is 42.5 Å². The molecule has 1 N–H and O–H groups in total. The second-order valence-electron chi connectivity index (χ2n) is 5.93. The quantitative estimate of drug-likeness (QED) is 0.329. The van der Waals surface area contributed by atoms with E-state index in [-0.39, 0.29) is 0 Å². The molecule has 0 aromatic heterocycles. The molecule has 0 saturated carbocycles. The van der Waals surface area contributed by atoms with Crippen molar-refractivity contribution in [2.24, 2.45) is 0 Å². The molecule has 1 nitrogen and oxygen atoms in total. The standard InChI is InChI=1S/C21H32O/c1-2-3-4-5-6-7-8-9-10-11-12-13-14-16-20-17-15-18-21(22)19-20/h3-4,14-19,22H,2,5-13H2,1H3/b4-3+,16-14+. The van der Waals surface area contributed by atoms with Crippen molar-refractivity contribution in [2.75, 3.05) is 0 Å². The van der Waals surface area contributed by atoms with Gasteiger partial charge in [-0.05, 0) is 49.8 Å². The van der Waals surface area contributed by atoms with Crippen LogP contribution in [0.1, 0.15) is 76.7 Å². The molecule has 0 aliphatic rings. The molecule has 0 fully saturated rings. The van der Waals surface area contributed by atoms with Crippen LogP contribution in [0.5, 0.6) is 5.75 Å². The number of aromatic hydroxyl groups is 1. The zero-order valence-corrected chi connectivity index (χ0v) is 14.1. The van der Waals surface area contributed by atoms with Crippen molar-refractivity contribution in [1.82, 2.24) is 0 Å². The highest BCUT2D eigenvalue weighted by Gasteiger charge is 1.92. The summed E-state index contributed by atoms with van der Waals surface area (Å²) in [6.45, 7) is 2.19. The van der Waals surface area contributed by atoms with E-state index in [9.17, 15) is 5.11 Å². The number of phenolic OH excluding ortho intramolecular Hbond substituents is 1. The van der Waals surface area contributed by atoms with Gasteiger partial charge in [0.1, 0.15) is 5.75 Å². The van der Waals surface area contributed by atoms with E-state index in [2.05, 4.69) is 31.2 Å². The lowest BCUT2D eigenvalue weighted by atomic mass is 10.1. The van der Waals surface area contributed by atoms with Gasteiger partial charge in [-0.3, -0.25) is 0 Å². The number of allylic oxidation sites excluding steroid dienone is 3. The smallest absolute Gasteiger partial charge is 0.116 e. The minimum absolute atomic E-state index is 0.340. The van der Waals surface area contributed by atoms with Gasteiger partial charge in [-0.15, -0.1) is 0 Å². The van der Waals surface area contributed by atoms with Crippen molar-refractivity contribution in [3.8, 4) is 5.75 Å². The van der Waals surface area contributed by atoms with Gasteiger partial charge in [-0.2, -0.15) is 0 Å². The van der Waals surface area contributed by atoms with Crippen LogP contribution in [0.2, 0.25) is 0 Å². The van der Waals surface area contributed by atoms with Gasteiger partial charge in [-0.1, -0.05) is 75.5 Å². The Balaban J connectivity index is 1.90. The second kappa shape index (κ2) is 13.2. The predicted octanol–water partition coefficient (Wildman–Crippen LogP) is 6.88. The molecule has 1 rings (SSSR count). The maximum Gasteiger partial charge on any atom is 0.116 e. The van der Waals surface area contributed by atoms with Crippen LogP contribution in [0.25, 0.3) is 6.08 Å². The summed E-state index contributed by atoms with van der Waals surface area (Å²) in [5, 5.41) is 9.38. The minimum atomic E-state index is 0.340. The lowest BCUT2D eigenvalue weighted by molar-refractivity contribution is 0.475. The lowest BCUT2D eigenvalue weighted by Crippen LogP contribution is -1.80. The van der Waals surface area contributed by atoms with Crippen LogP contribution >= 0.6 is 0 Å². The van der Waals surface area contributed by atoms with Crippen molar-refractivity contribution >= 4 is 6.08 Å². The lowest BCUT2D eigenvalue weighted by Gasteiger charge is -2.00. The van der Waals surface area contributed by atoms with Gasteiger partial charge in [0.15, 0.2) is 0 Å². The first kappa shape index (κ1) is 18.5. The van der Waals surface area contributed by atoms with Gasteiger partial charge < -0.3 is 5.11 Å². The Kier molecular flexibility index (Phi) is 11.1. The first-order chi connectivity index (χ1) is 10.8.